The second-order valence-electron chi connectivity index (χ2n) is 5.39. The van der Waals surface area contributed by atoms with Crippen LogP contribution in [0.3, 0.4) is 0 Å². The molecule has 1 heterocycles. The Balaban J connectivity index is 1.91. The molecular formula is C16H23N5O2S. The van der Waals surface area contributed by atoms with E-state index in [0.717, 1.165) is 23.6 Å². The first-order valence-electron chi connectivity index (χ1n) is 7.80. The van der Waals surface area contributed by atoms with Gasteiger partial charge in [-0.15, -0.1) is 0 Å². The quantitative estimate of drug-likeness (QED) is 0.630. The Kier molecular flexibility index (Phi) is 6.10. The molecule has 0 bridgehead atoms. The number of aromatic nitrogens is 2. The third-order valence-electron chi connectivity index (χ3n) is 3.21. The van der Waals surface area contributed by atoms with Gasteiger partial charge in [0.25, 0.3) is 0 Å². The van der Waals surface area contributed by atoms with E-state index in [9.17, 15) is 8.42 Å². The molecule has 0 aliphatic rings. The number of nitrogens with zero attached hydrogens (tertiary/aromatic N) is 2. The first-order chi connectivity index (χ1) is 11.4. The van der Waals surface area contributed by atoms with Crippen LogP contribution in [0.5, 0.6) is 0 Å². The molecule has 0 unspecified atom stereocenters. The van der Waals surface area contributed by atoms with Gasteiger partial charge in [0.1, 0.15) is 5.82 Å². The summed E-state index contributed by atoms with van der Waals surface area (Å²) in [6, 6.07) is 8.66. The molecular weight excluding hydrogens is 326 g/mol. The maximum Gasteiger partial charge on any atom is 0.240 e. The largest absolute Gasteiger partial charge is 0.370 e. The predicted molar refractivity (Wildman–Crippen MR) is 95.8 cm³/mol. The van der Waals surface area contributed by atoms with E-state index in [0.29, 0.717) is 12.5 Å². The number of nitrogens with one attached hydrogen (secondary N) is 3. The predicted octanol–water partition coefficient (Wildman–Crippen LogP) is 1.92. The lowest BCUT2D eigenvalue weighted by molar-refractivity contribution is 0.582. The van der Waals surface area contributed by atoms with Crippen LogP contribution in [0.2, 0.25) is 0 Å². The van der Waals surface area contributed by atoms with Crippen LogP contribution in [0.4, 0.5) is 11.8 Å². The van der Waals surface area contributed by atoms with Crippen LogP contribution in [0.25, 0.3) is 0 Å². The maximum atomic E-state index is 12.2. The van der Waals surface area contributed by atoms with Gasteiger partial charge in [0.05, 0.1) is 4.90 Å². The van der Waals surface area contributed by atoms with Crippen molar-refractivity contribution in [3.05, 3.63) is 41.6 Å². The number of aryl methyl sites for hydroxylation is 2. The van der Waals surface area contributed by atoms with Gasteiger partial charge in [-0.2, -0.15) is 4.98 Å². The second kappa shape index (κ2) is 8.07. The fraction of sp³-hybridized carbons (Fsp3) is 0.375. The van der Waals surface area contributed by atoms with E-state index in [1.165, 1.54) is 0 Å². The summed E-state index contributed by atoms with van der Waals surface area (Å²) in [4.78, 5) is 8.86. The average Bonchev–Trinajstić information content (AvgIpc) is 2.51. The van der Waals surface area contributed by atoms with Crippen molar-refractivity contribution in [1.82, 2.24) is 14.7 Å². The van der Waals surface area contributed by atoms with E-state index < -0.39 is 10.0 Å². The normalized spacial score (nSPS) is 11.3. The van der Waals surface area contributed by atoms with Crippen LogP contribution in [-0.2, 0) is 10.0 Å². The number of benzene rings is 1. The highest BCUT2D eigenvalue weighted by molar-refractivity contribution is 7.89. The zero-order chi connectivity index (χ0) is 17.6. The fourth-order valence-electron chi connectivity index (χ4n) is 2.14. The van der Waals surface area contributed by atoms with Crippen LogP contribution < -0.4 is 15.4 Å². The molecule has 7 nitrogen and oxygen atoms in total. The van der Waals surface area contributed by atoms with Crippen LogP contribution in [0, 0.1) is 13.8 Å². The zero-order valence-corrected chi connectivity index (χ0v) is 14.9. The Morgan fingerprint density at radius 3 is 2.54 bits per heavy atom. The summed E-state index contributed by atoms with van der Waals surface area (Å²) in [5.41, 5.74) is 1.74. The van der Waals surface area contributed by atoms with Gasteiger partial charge in [0.15, 0.2) is 0 Å². The van der Waals surface area contributed by atoms with E-state index in [2.05, 4.69) is 25.3 Å². The van der Waals surface area contributed by atoms with Crippen LogP contribution in [-0.4, -0.2) is 38.0 Å². The smallest absolute Gasteiger partial charge is 0.240 e. The minimum absolute atomic E-state index is 0.240. The van der Waals surface area contributed by atoms with Crippen molar-refractivity contribution in [3.63, 3.8) is 0 Å². The topological polar surface area (TPSA) is 96.0 Å². The third kappa shape index (κ3) is 5.17. The molecule has 1 aromatic carbocycles. The van der Waals surface area contributed by atoms with Crippen molar-refractivity contribution in [2.45, 2.75) is 25.7 Å². The first kappa shape index (κ1) is 18.2. The number of rotatable bonds is 8. The molecule has 0 saturated carbocycles. The van der Waals surface area contributed by atoms with Gasteiger partial charge >= 0.3 is 0 Å². The minimum atomic E-state index is -3.51. The maximum absolute atomic E-state index is 12.2. The van der Waals surface area contributed by atoms with Crippen molar-refractivity contribution >= 4 is 21.8 Å². The van der Waals surface area contributed by atoms with Gasteiger partial charge in [-0.1, -0.05) is 12.1 Å². The van der Waals surface area contributed by atoms with Gasteiger partial charge in [0.2, 0.25) is 16.0 Å². The zero-order valence-electron chi connectivity index (χ0n) is 14.1. The SMILES string of the molecule is CCNc1cc(C)nc(NCCNS(=O)(=O)c2cccc(C)c2)n1. The summed E-state index contributed by atoms with van der Waals surface area (Å²) in [6.45, 7) is 7.13. The lowest BCUT2D eigenvalue weighted by atomic mass is 10.2. The number of sulfonamides is 1. The molecule has 2 aromatic rings. The Bertz CT molecular complexity index is 793. The highest BCUT2D eigenvalue weighted by Gasteiger charge is 2.13. The van der Waals surface area contributed by atoms with Gasteiger partial charge in [-0.25, -0.2) is 18.1 Å². The summed E-state index contributed by atoms with van der Waals surface area (Å²) in [5.74, 6) is 1.22. The van der Waals surface area contributed by atoms with Crippen molar-refractivity contribution in [2.24, 2.45) is 0 Å². The number of anilines is 2. The van der Waals surface area contributed by atoms with Crippen molar-refractivity contribution < 1.29 is 8.42 Å². The van der Waals surface area contributed by atoms with Crippen molar-refractivity contribution in [2.75, 3.05) is 30.3 Å². The lowest BCUT2D eigenvalue weighted by Crippen LogP contribution is -2.29. The Morgan fingerprint density at radius 1 is 1.04 bits per heavy atom. The molecule has 24 heavy (non-hydrogen) atoms. The molecule has 0 aliphatic heterocycles. The minimum Gasteiger partial charge on any atom is -0.370 e. The van der Waals surface area contributed by atoms with Gasteiger partial charge in [0, 0.05) is 31.4 Å². The standard InChI is InChI=1S/C16H23N5O2S/c1-4-17-15-11-13(3)20-16(21-15)18-8-9-19-24(22,23)14-7-5-6-12(2)10-14/h5-7,10-11,19H,4,8-9H2,1-3H3,(H2,17,18,20,21). The van der Waals surface area contributed by atoms with Gasteiger partial charge in [-0.05, 0) is 38.5 Å². The molecule has 0 atom stereocenters. The molecule has 0 aliphatic carbocycles. The molecule has 0 spiro atoms. The molecule has 8 heteroatoms. The fourth-order valence-corrected chi connectivity index (χ4v) is 3.28. The van der Waals surface area contributed by atoms with E-state index in [1.807, 2.05) is 32.9 Å². The van der Waals surface area contributed by atoms with E-state index in [1.54, 1.807) is 18.2 Å². The summed E-state index contributed by atoms with van der Waals surface area (Å²) in [6.07, 6.45) is 0. The average molecular weight is 349 g/mol. The van der Waals surface area contributed by atoms with E-state index in [-0.39, 0.29) is 11.4 Å². The summed E-state index contributed by atoms with van der Waals surface area (Å²) in [5, 5.41) is 6.16. The molecule has 130 valence electrons. The van der Waals surface area contributed by atoms with Crippen LogP contribution >= 0.6 is 0 Å². The molecule has 1 aromatic heterocycles. The van der Waals surface area contributed by atoms with Crippen molar-refractivity contribution in [1.29, 1.82) is 0 Å². The molecule has 0 radical (unpaired) electrons. The third-order valence-corrected chi connectivity index (χ3v) is 4.67. The molecule has 0 fully saturated rings. The highest BCUT2D eigenvalue weighted by Crippen LogP contribution is 2.11. The lowest BCUT2D eigenvalue weighted by Gasteiger charge is -2.10. The molecule has 3 N–H and O–H groups in total. The number of hydrogen-bond acceptors (Lipinski definition) is 6. The second-order valence-corrected chi connectivity index (χ2v) is 7.16. The highest BCUT2D eigenvalue weighted by atomic mass is 32.2. The van der Waals surface area contributed by atoms with E-state index >= 15 is 0 Å². The van der Waals surface area contributed by atoms with Gasteiger partial charge in [-0.3, -0.25) is 0 Å². The molecule has 0 saturated heterocycles. The van der Waals surface area contributed by atoms with Crippen LogP contribution in [0.1, 0.15) is 18.2 Å². The Morgan fingerprint density at radius 2 is 1.83 bits per heavy atom. The summed E-state index contributed by atoms with van der Waals surface area (Å²) in [7, 11) is -3.51. The summed E-state index contributed by atoms with van der Waals surface area (Å²) < 4.78 is 27.0. The monoisotopic (exact) mass is 349 g/mol. The Hall–Kier alpha value is -2.19. The molecule has 0 amide bonds. The van der Waals surface area contributed by atoms with Crippen LogP contribution in [0.15, 0.2) is 35.2 Å². The first-order valence-corrected chi connectivity index (χ1v) is 9.29. The van der Waals surface area contributed by atoms with Crippen molar-refractivity contribution in [3.8, 4) is 0 Å². The van der Waals surface area contributed by atoms with E-state index in [4.69, 9.17) is 0 Å². The number of hydrogen-bond donors (Lipinski definition) is 3. The Labute approximate surface area is 143 Å². The van der Waals surface area contributed by atoms with Gasteiger partial charge < -0.3 is 10.6 Å². The molecule has 2 rings (SSSR count). The summed E-state index contributed by atoms with van der Waals surface area (Å²) >= 11 is 0.